The van der Waals surface area contributed by atoms with Gasteiger partial charge in [0.05, 0.1) is 4.99 Å². The van der Waals surface area contributed by atoms with Gasteiger partial charge in [0.2, 0.25) is 0 Å². The van der Waals surface area contributed by atoms with Crippen LogP contribution >= 0.6 is 24.4 Å². The Morgan fingerprint density at radius 2 is 2.00 bits per heavy atom. The minimum Gasteiger partial charge on any atom is -0.393 e. The fourth-order valence-corrected chi connectivity index (χ4v) is 1.54. The SMILES string of the molecule is Cc1ccc(NC(N)=S)cc1CC(N)=S. The van der Waals surface area contributed by atoms with Gasteiger partial charge in [-0.2, -0.15) is 0 Å². The molecular formula is C10H13N3S2. The average molecular weight is 239 g/mol. The van der Waals surface area contributed by atoms with E-state index in [4.69, 9.17) is 35.9 Å². The van der Waals surface area contributed by atoms with E-state index in [-0.39, 0.29) is 5.11 Å². The first-order chi connectivity index (χ1) is 6.99. The Bertz CT molecular complexity index is 402. The molecule has 0 bridgehead atoms. The number of nitrogens with two attached hydrogens (primary N) is 2. The van der Waals surface area contributed by atoms with Crippen molar-refractivity contribution in [1.82, 2.24) is 0 Å². The van der Waals surface area contributed by atoms with Crippen LogP contribution in [0.25, 0.3) is 0 Å². The summed E-state index contributed by atoms with van der Waals surface area (Å²) in [7, 11) is 0. The van der Waals surface area contributed by atoms with E-state index in [0.717, 1.165) is 16.8 Å². The Kier molecular flexibility index (Phi) is 3.99. The number of hydrogen-bond acceptors (Lipinski definition) is 2. The molecule has 0 aromatic heterocycles. The van der Waals surface area contributed by atoms with Crippen molar-refractivity contribution in [3.63, 3.8) is 0 Å². The molecule has 0 saturated heterocycles. The fraction of sp³-hybridized carbons (Fsp3) is 0.200. The minimum absolute atomic E-state index is 0.250. The number of nitrogens with one attached hydrogen (secondary N) is 1. The molecule has 0 aliphatic rings. The van der Waals surface area contributed by atoms with Gasteiger partial charge in [0.25, 0.3) is 0 Å². The summed E-state index contributed by atoms with van der Waals surface area (Å²) in [6.45, 7) is 2.01. The molecule has 0 heterocycles. The maximum Gasteiger partial charge on any atom is 0.168 e. The second kappa shape index (κ2) is 5.04. The van der Waals surface area contributed by atoms with Crippen LogP contribution in [0.2, 0.25) is 0 Å². The maximum atomic E-state index is 5.51. The zero-order valence-corrected chi connectivity index (χ0v) is 10.0. The topological polar surface area (TPSA) is 64.1 Å². The highest BCUT2D eigenvalue weighted by Gasteiger charge is 2.02. The van der Waals surface area contributed by atoms with Crippen LogP contribution < -0.4 is 16.8 Å². The van der Waals surface area contributed by atoms with E-state index in [1.54, 1.807) is 0 Å². The van der Waals surface area contributed by atoms with E-state index >= 15 is 0 Å². The van der Waals surface area contributed by atoms with Gasteiger partial charge in [0.1, 0.15) is 0 Å². The molecule has 15 heavy (non-hydrogen) atoms. The predicted molar refractivity (Wildman–Crippen MR) is 72.1 cm³/mol. The van der Waals surface area contributed by atoms with Gasteiger partial charge < -0.3 is 16.8 Å². The average Bonchev–Trinajstić information content (AvgIpc) is 2.09. The molecule has 0 fully saturated rings. The van der Waals surface area contributed by atoms with Crippen LogP contribution in [-0.2, 0) is 6.42 Å². The van der Waals surface area contributed by atoms with E-state index in [0.29, 0.717) is 11.4 Å². The molecule has 0 amide bonds. The monoisotopic (exact) mass is 239 g/mol. The Balaban J connectivity index is 2.94. The summed E-state index contributed by atoms with van der Waals surface area (Å²) in [6, 6.07) is 5.85. The lowest BCUT2D eigenvalue weighted by molar-refractivity contribution is 1.26. The molecule has 5 N–H and O–H groups in total. The zero-order chi connectivity index (χ0) is 11.4. The molecule has 1 rings (SSSR count). The fourth-order valence-electron chi connectivity index (χ4n) is 1.27. The summed E-state index contributed by atoms with van der Waals surface area (Å²) in [4.78, 5) is 0.477. The molecule has 0 aliphatic carbocycles. The van der Waals surface area contributed by atoms with Gasteiger partial charge in [-0.25, -0.2) is 0 Å². The van der Waals surface area contributed by atoms with Crippen LogP contribution in [0.1, 0.15) is 11.1 Å². The second-order valence-corrected chi connectivity index (χ2v) is 4.24. The molecule has 0 radical (unpaired) electrons. The largest absolute Gasteiger partial charge is 0.393 e. The Labute approximate surface area is 99.8 Å². The van der Waals surface area contributed by atoms with Crippen molar-refractivity contribution in [1.29, 1.82) is 0 Å². The van der Waals surface area contributed by atoms with Gasteiger partial charge in [0, 0.05) is 12.1 Å². The molecule has 0 atom stereocenters. The van der Waals surface area contributed by atoms with Crippen molar-refractivity contribution >= 4 is 40.2 Å². The molecule has 0 saturated carbocycles. The quantitative estimate of drug-likeness (QED) is 0.697. The van der Waals surface area contributed by atoms with Crippen molar-refractivity contribution in [2.24, 2.45) is 11.5 Å². The van der Waals surface area contributed by atoms with E-state index in [2.05, 4.69) is 5.32 Å². The van der Waals surface area contributed by atoms with E-state index < -0.39 is 0 Å². The van der Waals surface area contributed by atoms with Crippen molar-refractivity contribution in [3.8, 4) is 0 Å². The standard InChI is InChI=1S/C10H13N3S2/c1-6-2-3-8(13-10(12)15)4-7(6)5-9(11)14/h2-4H,5H2,1H3,(H2,11,14)(H3,12,13,15). The normalized spacial score (nSPS) is 9.67. The molecule has 0 aliphatic heterocycles. The smallest absolute Gasteiger partial charge is 0.168 e. The predicted octanol–water partition coefficient (Wildman–Crippen LogP) is 1.48. The van der Waals surface area contributed by atoms with Crippen molar-refractivity contribution in [2.45, 2.75) is 13.3 Å². The van der Waals surface area contributed by atoms with Crippen molar-refractivity contribution in [3.05, 3.63) is 29.3 Å². The molecule has 1 aromatic rings. The molecule has 0 unspecified atom stereocenters. The Morgan fingerprint density at radius 1 is 1.33 bits per heavy atom. The number of rotatable bonds is 3. The number of aryl methyl sites for hydroxylation is 1. The summed E-state index contributed by atoms with van der Waals surface area (Å²) in [5.74, 6) is 0. The summed E-state index contributed by atoms with van der Waals surface area (Å²) in [6.07, 6.45) is 0.591. The van der Waals surface area contributed by atoms with Crippen LogP contribution in [0.5, 0.6) is 0 Å². The molecule has 0 spiro atoms. The summed E-state index contributed by atoms with van der Waals surface area (Å²) in [5.41, 5.74) is 14.0. The summed E-state index contributed by atoms with van der Waals surface area (Å²) in [5, 5.41) is 3.12. The number of hydrogen-bond donors (Lipinski definition) is 3. The van der Waals surface area contributed by atoms with Crippen LogP contribution in [0, 0.1) is 6.92 Å². The molecule has 80 valence electrons. The second-order valence-electron chi connectivity index (χ2n) is 3.27. The van der Waals surface area contributed by atoms with Gasteiger partial charge in [0.15, 0.2) is 5.11 Å². The third-order valence-electron chi connectivity index (χ3n) is 1.98. The Hall–Kier alpha value is -1.20. The summed E-state index contributed by atoms with van der Waals surface area (Å²) < 4.78 is 0. The van der Waals surface area contributed by atoms with Crippen LogP contribution in [0.3, 0.4) is 0 Å². The first-order valence-corrected chi connectivity index (χ1v) is 5.25. The third kappa shape index (κ3) is 3.81. The summed E-state index contributed by atoms with van der Waals surface area (Å²) >= 11 is 9.63. The number of benzene rings is 1. The van der Waals surface area contributed by atoms with Crippen LogP contribution in [0.15, 0.2) is 18.2 Å². The first-order valence-electron chi connectivity index (χ1n) is 4.43. The molecular weight excluding hydrogens is 226 g/mol. The third-order valence-corrected chi connectivity index (χ3v) is 2.23. The van der Waals surface area contributed by atoms with Crippen molar-refractivity contribution < 1.29 is 0 Å². The van der Waals surface area contributed by atoms with Gasteiger partial charge in [-0.3, -0.25) is 0 Å². The van der Waals surface area contributed by atoms with Gasteiger partial charge in [-0.1, -0.05) is 18.3 Å². The van der Waals surface area contributed by atoms with Crippen LogP contribution in [0.4, 0.5) is 5.69 Å². The van der Waals surface area contributed by atoms with Gasteiger partial charge >= 0.3 is 0 Å². The lowest BCUT2D eigenvalue weighted by atomic mass is 10.0. The maximum absolute atomic E-state index is 5.51. The van der Waals surface area contributed by atoms with E-state index in [9.17, 15) is 0 Å². The highest BCUT2D eigenvalue weighted by atomic mass is 32.1. The highest BCUT2D eigenvalue weighted by Crippen LogP contribution is 2.15. The molecule has 5 heteroatoms. The minimum atomic E-state index is 0.250. The lowest BCUT2D eigenvalue weighted by Crippen LogP contribution is -2.19. The number of thiocarbonyl (C=S) groups is 2. The van der Waals surface area contributed by atoms with E-state index in [1.165, 1.54) is 0 Å². The first kappa shape index (κ1) is 11.9. The zero-order valence-electron chi connectivity index (χ0n) is 8.41. The van der Waals surface area contributed by atoms with Gasteiger partial charge in [-0.15, -0.1) is 0 Å². The molecule has 3 nitrogen and oxygen atoms in total. The molecule has 1 aromatic carbocycles. The number of anilines is 1. The Morgan fingerprint density at radius 3 is 2.53 bits per heavy atom. The lowest BCUT2D eigenvalue weighted by Gasteiger charge is -2.09. The van der Waals surface area contributed by atoms with Crippen molar-refractivity contribution in [2.75, 3.05) is 5.32 Å². The van der Waals surface area contributed by atoms with Crippen LogP contribution in [-0.4, -0.2) is 10.1 Å². The highest BCUT2D eigenvalue weighted by molar-refractivity contribution is 7.80. The van der Waals surface area contributed by atoms with Gasteiger partial charge in [-0.05, 0) is 42.4 Å². The van der Waals surface area contributed by atoms with E-state index in [1.807, 2.05) is 25.1 Å².